The smallest absolute Gasteiger partial charge is 0.227 e. The molecular formula is C18H24N4O2S. The minimum absolute atomic E-state index is 0.0566. The first kappa shape index (κ1) is 16.7. The molecule has 0 bridgehead atoms. The normalized spacial score (nSPS) is 21.7. The van der Waals surface area contributed by atoms with Crippen molar-refractivity contribution in [3.05, 3.63) is 17.3 Å². The third kappa shape index (κ3) is 3.35. The fourth-order valence-electron chi connectivity index (χ4n) is 3.73. The van der Waals surface area contributed by atoms with Crippen molar-refractivity contribution in [1.29, 1.82) is 0 Å². The maximum Gasteiger partial charge on any atom is 0.227 e. The summed E-state index contributed by atoms with van der Waals surface area (Å²) in [5.41, 5.74) is 0. The van der Waals surface area contributed by atoms with Gasteiger partial charge in [-0.2, -0.15) is 0 Å². The van der Waals surface area contributed by atoms with Gasteiger partial charge in [-0.15, -0.1) is 11.3 Å². The molecule has 0 N–H and O–H groups in total. The van der Waals surface area contributed by atoms with Crippen LogP contribution in [0.5, 0.6) is 0 Å². The number of piperidine rings is 1. The van der Waals surface area contributed by atoms with Gasteiger partial charge in [-0.05, 0) is 25.3 Å². The fraction of sp³-hybridized carbons (Fsp3) is 0.611. The molecule has 0 unspecified atom stereocenters. The van der Waals surface area contributed by atoms with Crippen LogP contribution >= 0.6 is 11.3 Å². The van der Waals surface area contributed by atoms with Gasteiger partial charge in [0.1, 0.15) is 17.0 Å². The first-order chi connectivity index (χ1) is 12.3. The van der Waals surface area contributed by atoms with Gasteiger partial charge >= 0.3 is 0 Å². The van der Waals surface area contributed by atoms with Gasteiger partial charge in [0.15, 0.2) is 0 Å². The second-order valence-corrected chi connectivity index (χ2v) is 7.82. The molecule has 4 heterocycles. The largest absolute Gasteiger partial charge is 0.378 e. The number of hydrogen-bond donors (Lipinski definition) is 0. The van der Waals surface area contributed by atoms with Crippen LogP contribution in [-0.2, 0) is 16.0 Å². The predicted molar refractivity (Wildman–Crippen MR) is 99.1 cm³/mol. The van der Waals surface area contributed by atoms with E-state index in [0.717, 1.165) is 61.5 Å². The number of aryl methyl sites for hydroxylation is 1. The number of hydrogen-bond acceptors (Lipinski definition) is 6. The molecule has 2 aliphatic heterocycles. The Bertz CT molecular complexity index is 757. The zero-order valence-corrected chi connectivity index (χ0v) is 15.4. The predicted octanol–water partition coefficient (Wildman–Crippen LogP) is 2.33. The van der Waals surface area contributed by atoms with Crippen LogP contribution in [0.1, 0.15) is 24.6 Å². The summed E-state index contributed by atoms with van der Waals surface area (Å²) >= 11 is 1.74. The second-order valence-electron chi connectivity index (χ2n) is 6.71. The van der Waals surface area contributed by atoms with Gasteiger partial charge in [-0.25, -0.2) is 9.97 Å². The molecule has 1 amide bonds. The molecule has 7 heteroatoms. The molecular weight excluding hydrogens is 336 g/mol. The Hall–Kier alpha value is -1.73. The molecule has 0 spiro atoms. The van der Waals surface area contributed by atoms with Gasteiger partial charge in [0.2, 0.25) is 5.91 Å². The van der Waals surface area contributed by atoms with Crippen molar-refractivity contribution in [3.63, 3.8) is 0 Å². The van der Waals surface area contributed by atoms with Crippen LogP contribution in [0, 0.1) is 5.92 Å². The van der Waals surface area contributed by atoms with Crippen LogP contribution in [0.25, 0.3) is 10.2 Å². The van der Waals surface area contributed by atoms with Gasteiger partial charge < -0.3 is 14.5 Å². The molecule has 1 atom stereocenters. The second kappa shape index (κ2) is 7.25. The van der Waals surface area contributed by atoms with E-state index in [2.05, 4.69) is 27.9 Å². The summed E-state index contributed by atoms with van der Waals surface area (Å²) in [6.07, 6.45) is 4.65. The zero-order chi connectivity index (χ0) is 17.2. The number of rotatable bonds is 3. The van der Waals surface area contributed by atoms with E-state index in [1.807, 2.05) is 4.90 Å². The molecule has 2 aromatic rings. The molecule has 0 saturated carbocycles. The average molecular weight is 360 g/mol. The van der Waals surface area contributed by atoms with E-state index in [0.29, 0.717) is 13.2 Å². The first-order valence-electron chi connectivity index (χ1n) is 9.11. The molecule has 0 radical (unpaired) electrons. The topological polar surface area (TPSA) is 58.6 Å². The zero-order valence-electron chi connectivity index (χ0n) is 14.6. The van der Waals surface area contributed by atoms with Crippen LogP contribution in [0.15, 0.2) is 12.4 Å². The number of carbonyl (C=O) groups is 1. The van der Waals surface area contributed by atoms with E-state index in [1.165, 1.54) is 4.88 Å². The molecule has 0 aliphatic carbocycles. The maximum absolute atomic E-state index is 12.9. The van der Waals surface area contributed by atoms with Crippen molar-refractivity contribution in [2.45, 2.75) is 26.2 Å². The number of anilines is 1. The lowest BCUT2D eigenvalue weighted by molar-refractivity contribution is -0.139. The number of morpholine rings is 1. The number of fused-ring (bicyclic) bond motifs is 1. The highest BCUT2D eigenvalue weighted by atomic mass is 32.1. The first-order valence-corrected chi connectivity index (χ1v) is 9.93. The Morgan fingerprint density at radius 2 is 2.16 bits per heavy atom. The van der Waals surface area contributed by atoms with E-state index < -0.39 is 0 Å². The van der Waals surface area contributed by atoms with E-state index in [4.69, 9.17) is 4.74 Å². The third-order valence-corrected chi connectivity index (χ3v) is 6.29. The Morgan fingerprint density at radius 3 is 2.96 bits per heavy atom. The lowest BCUT2D eigenvalue weighted by atomic mass is 9.96. The highest BCUT2D eigenvalue weighted by Gasteiger charge is 2.31. The number of ether oxygens (including phenoxy) is 1. The van der Waals surface area contributed by atoms with Crippen molar-refractivity contribution in [3.8, 4) is 0 Å². The molecule has 134 valence electrons. The quantitative estimate of drug-likeness (QED) is 0.841. The van der Waals surface area contributed by atoms with Gasteiger partial charge in [-0.3, -0.25) is 4.79 Å². The molecule has 2 saturated heterocycles. The summed E-state index contributed by atoms with van der Waals surface area (Å²) < 4.78 is 5.37. The molecule has 2 aromatic heterocycles. The summed E-state index contributed by atoms with van der Waals surface area (Å²) in [5, 5.41) is 1.13. The SMILES string of the molecule is CCc1cc2c(N3CCC[C@H](C(=O)N4CCOCC4)C3)ncnc2s1. The lowest BCUT2D eigenvalue weighted by Crippen LogP contribution is -2.48. The van der Waals surface area contributed by atoms with Crippen molar-refractivity contribution >= 4 is 33.3 Å². The molecule has 0 aromatic carbocycles. The number of amides is 1. The van der Waals surface area contributed by atoms with E-state index in [9.17, 15) is 4.79 Å². The Labute approximate surface area is 151 Å². The van der Waals surface area contributed by atoms with Gasteiger partial charge in [0, 0.05) is 31.1 Å². The Balaban J connectivity index is 1.55. The number of aromatic nitrogens is 2. The number of thiophene rings is 1. The standard InChI is InChI=1S/C18H24N4O2S/c1-2-14-10-15-16(19-12-20-17(15)25-14)22-5-3-4-13(11-22)18(23)21-6-8-24-9-7-21/h10,12-13H,2-9,11H2,1H3/t13-/m0/s1. The van der Waals surface area contributed by atoms with Crippen molar-refractivity contribution in [1.82, 2.24) is 14.9 Å². The molecule has 4 rings (SSSR count). The third-order valence-electron chi connectivity index (χ3n) is 5.10. The fourth-order valence-corrected chi connectivity index (χ4v) is 4.66. The van der Waals surface area contributed by atoms with E-state index in [1.54, 1.807) is 17.7 Å². The highest BCUT2D eigenvalue weighted by molar-refractivity contribution is 7.18. The molecule has 6 nitrogen and oxygen atoms in total. The monoisotopic (exact) mass is 360 g/mol. The van der Waals surface area contributed by atoms with Crippen LogP contribution in [0.4, 0.5) is 5.82 Å². The van der Waals surface area contributed by atoms with Crippen molar-refractivity contribution in [2.24, 2.45) is 5.92 Å². The van der Waals surface area contributed by atoms with Gasteiger partial charge in [0.25, 0.3) is 0 Å². The van der Waals surface area contributed by atoms with Gasteiger partial charge in [-0.1, -0.05) is 6.92 Å². The molecule has 25 heavy (non-hydrogen) atoms. The molecule has 2 fully saturated rings. The minimum Gasteiger partial charge on any atom is -0.378 e. The highest BCUT2D eigenvalue weighted by Crippen LogP contribution is 2.32. The van der Waals surface area contributed by atoms with Crippen molar-refractivity contribution < 1.29 is 9.53 Å². The Morgan fingerprint density at radius 1 is 1.32 bits per heavy atom. The average Bonchev–Trinajstić information content (AvgIpc) is 3.11. The number of carbonyl (C=O) groups excluding carboxylic acids is 1. The van der Waals surface area contributed by atoms with Crippen LogP contribution in [-0.4, -0.2) is 60.2 Å². The summed E-state index contributed by atoms with van der Waals surface area (Å²) in [7, 11) is 0. The van der Waals surface area contributed by atoms with E-state index in [-0.39, 0.29) is 11.8 Å². The minimum atomic E-state index is 0.0566. The summed E-state index contributed by atoms with van der Waals surface area (Å²) in [5.74, 6) is 1.32. The van der Waals surface area contributed by atoms with Crippen LogP contribution in [0.3, 0.4) is 0 Å². The van der Waals surface area contributed by atoms with E-state index >= 15 is 0 Å². The van der Waals surface area contributed by atoms with Crippen LogP contribution in [0.2, 0.25) is 0 Å². The van der Waals surface area contributed by atoms with Crippen molar-refractivity contribution in [2.75, 3.05) is 44.3 Å². The maximum atomic E-state index is 12.9. The summed E-state index contributed by atoms with van der Waals surface area (Å²) in [4.78, 5) is 28.5. The van der Waals surface area contributed by atoms with Gasteiger partial charge in [0.05, 0.1) is 24.5 Å². The van der Waals surface area contributed by atoms with Crippen LogP contribution < -0.4 is 4.90 Å². The lowest BCUT2D eigenvalue weighted by Gasteiger charge is -2.36. The summed E-state index contributed by atoms with van der Waals surface area (Å²) in [6.45, 7) is 6.62. The number of nitrogens with zero attached hydrogens (tertiary/aromatic N) is 4. The molecule has 2 aliphatic rings. The summed E-state index contributed by atoms with van der Waals surface area (Å²) in [6, 6.07) is 2.21. The Kier molecular flexibility index (Phi) is 4.85.